The Morgan fingerprint density at radius 1 is 1.04 bits per heavy atom. The third-order valence-corrected chi connectivity index (χ3v) is 12.5. The number of ketones is 2. The Kier molecular flexibility index (Phi) is 9.05. The van der Waals surface area contributed by atoms with E-state index in [0.29, 0.717) is 17.7 Å². The Balaban J connectivity index is 1.23. The molecule has 1 saturated carbocycles. The Morgan fingerprint density at radius 2 is 1.73 bits per heavy atom. The fourth-order valence-electron chi connectivity index (χ4n) is 8.91. The van der Waals surface area contributed by atoms with Crippen LogP contribution >= 0.6 is 11.3 Å². The van der Waals surface area contributed by atoms with Crippen LogP contribution in [0.4, 0.5) is 10.1 Å². The quantitative estimate of drug-likeness (QED) is 0.222. The number of likely N-dealkylation sites (tertiary alicyclic amines) is 1. The summed E-state index contributed by atoms with van der Waals surface area (Å²) in [6.45, 7) is 2.33. The largest absolute Gasteiger partial charge is 0.508 e. The monoisotopic (exact) mass is 730 g/mol. The Labute approximate surface area is 305 Å². The van der Waals surface area contributed by atoms with Crippen molar-refractivity contribution in [2.75, 3.05) is 46.2 Å². The zero-order chi connectivity index (χ0) is 37.4. The molecule has 6 N–H and O–H groups in total. The number of aliphatic hydroxyl groups is 3. The van der Waals surface area contributed by atoms with Crippen LogP contribution in [0.25, 0.3) is 16.2 Å². The van der Waals surface area contributed by atoms with Gasteiger partial charge in [0.2, 0.25) is 5.78 Å². The average molecular weight is 731 g/mol. The van der Waals surface area contributed by atoms with Gasteiger partial charge in [0.1, 0.15) is 28.7 Å². The van der Waals surface area contributed by atoms with E-state index in [2.05, 4.69) is 4.90 Å². The smallest absolute Gasteiger partial charge is 0.255 e. The zero-order valence-electron chi connectivity index (χ0n) is 29.5. The number of thiophene rings is 1. The average Bonchev–Trinajstić information content (AvgIpc) is 3.54. The summed E-state index contributed by atoms with van der Waals surface area (Å²) in [5, 5.41) is 46.9. The molecule has 274 valence electrons. The Bertz CT molecular complexity index is 2060. The molecule has 4 unspecified atom stereocenters. The molecule has 11 nitrogen and oxygen atoms in total. The SMILES string of the molecule is CN(C)c1cc(-c2ccc(CN3CCC(c4ccccc4F)CC3)s2)c(O)c2c1CC1CC3C(N(C)C)C(=O)C(C(N)=O)=C(O)C3(O)C(=O)C1=C2O. The molecule has 52 heavy (non-hydrogen) atoms. The molecule has 0 bridgehead atoms. The Morgan fingerprint density at radius 3 is 2.37 bits per heavy atom. The first kappa shape index (κ1) is 35.8. The molecule has 2 heterocycles. The van der Waals surface area contributed by atoms with Crippen molar-refractivity contribution in [1.29, 1.82) is 0 Å². The molecule has 0 spiro atoms. The van der Waals surface area contributed by atoms with Crippen molar-refractivity contribution in [2.45, 2.75) is 49.8 Å². The zero-order valence-corrected chi connectivity index (χ0v) is 30.3. The second-order valence-corrected chi connectivity index (χ2v) is 16.0. The molecule has 1 amide bonds. The number of nitrogens with zero attached hydrogens (tertiary/aromatic N) is 3. The van der Waals surface area contributed by atoms with E-state index in [1.807, 2.05) is 49.3 Å². The lowest BCUT2D eigenvalue weighted by Crippen LogP contribution is -2.65. The number of carbonyl (C=O) groups excluding carboxylic acids is 3. The number of halogens is 1. The predicted octanol–water partition coefficient (Wildman–Crippen LogP) is 4.28. The van der Waals surface area contributed by atoms with E-state index < -0.39 is 58.0 Å². The molecular formula is C39H43FN4O7S. The van der Waals surface area contributed by atoms with Crippen LogP contribution in [0.2, 0.25) is 0 Å². The van der Waals surface area contributed by atoms with Crippen molar-refractivity contribution in [3.63, 3.8) is 0 Å². The van der Waals surface area contributed by atoms with E-state index in [9.17, 15) is 39.2 Å². The molecular weight excluding hydrogens is 688 g/mol. The van der Waals surface area contributed by atoms with Crippen molar-refractivity contribution < 1.29 is 39.2 Å². The summed E-state index contributed by atoms with van der Waals surface area (Å²) in [6, 6.07) is 11.6. The number of fused-ring (bicyclic) bond motifs is 3. The number of benzene rings is 2. The van der Waals surface area contributed by atoms with Gasteiger partial charge in [0.05, 0.1) is 11.6 Å². The molecule has 1 aromatic heterocycles. The first-order valence-corrected chi connectivity index (χ1v) is 18.2. The van der Waals surface area contributed by atoms with Crippen LogP contribution in [-0.4, -0.2) is 101 Å². The van der Waals surface area contributed by atoms with Gasteiger partial charge in [0, 0.05) is 53.1 Å². The summed E-state index contributed by atoms with van der Waals surface area (Å²) in [5.41, 5.74) is 4.32. The van der Waals surface area contributed by atoms with Gasteiger partial charge in [-0.15, -0.1) is 11.3 Å². The first-order chi connectivity index (χ1) is 24.6. The maximum absolute atomic E-state index is 14.4. The molecule has 1 saturated heterocycles. The van der Waals surface area contributed by atoms with Gasteiger partial charge in [-0.1, -0.05) is 18.2 Å². The van der Waals surface area contributed by atoms with Crippen LogP contribution in [0.1, 0.15) is 46.7 Å². The van der Waals surface area contributed by atoms with E-state index in [0.717, 1.165) is 46.9 Å². The number of carbonyl (C=O) groups is 3. The van der Waals surface area contributed by atoms with Gasteiger partial charge in [0.25, 0.3) is 5.91 Å². The minimum Gasteiger partial charge on any atom is -0.508 e. The summed E-state index contributed by atoms with van der Waals surface area (Å²) in [4.78, 5) is 47.5. The fourth-order valence-corrected chi connectivity index (χ4v) is 9.98. The van der Waals surface area contributed by atoms with Gasteiger partial charge in [-0.2, -0.15) is 0 Å². The molecule has 4 atom stereocenters. The van der Waals surface area contributed by atoms with Crippen LogP contribution in [0, 0.1) is 17.7 Å². The lowest BCUT2D eigenvalue weighted by molar-refractivity contribution is -0.153. The number of hydrogen-bond donors (Lipinski definition) is 5. The molecule has 1 aliphatic heterocycles. The summed E-state index contributed by atoms with van der Waals surface area (Å²) in [7, 11) is 6.84. The minimum absolute atomic E-state index is 0.0208. The van der Waals surface area contributed by atoms with E-state index in [-0.39, 0.29) is 41.5 Å². The summed E-state index contributed by atoms with van der Waals surface area (Å²) in [5.74, 6) is -6.75. The number of anilines is 1. The number of nitrogens with two attached hydrogens (primary N) is 1. The normalized spacial score (nSPS) is 25.3. The molecule has 13 heteroatoms. The van der Waals surface area contributed by atoms with Crippen LogP contribution in [0.5, 0.6) is 5.75 Å². The number of phenolic OH excluding ortho intramolecular Hbond substituents is 1. The van der Waals surface area contributed by atoms with Crippen LogP contribution in [0.15, 0.2) is 59.4 Å². The van der Waals surface area contributed by atoms with Crippen molar-refractivity contribution in [1.82, 2.24) is 9.80 Å². The fraction of sp³-hybridized carbons (Fsp3) is 0.410. The highest BCUT2D eigenvalue weighted by molar-refractivity contribution is 7.15. The van der Waals surface area contributed by atoms with Crippen LogP contribution < -0.4 is 10.6 Å². The number of piperidine rings is 1. The lowest BCUT2D eigenvalue weighted by atomic mass is 9.57. The van der Waals surface area contributed by atoms with E-state index in [1.165, 1.54) is 22.3 Å². The van der Waals surface area contributed by atoms with E-state index in [4.69, 9.17) is 5.73 Å². The predicted molar refractivity (Wildman–Crippen MR) is 196 cm³/mol. The molecule has 2 fully saturated rings. The number of primary amides is 1. The highest BCUT2D eigenvalue weighted by Gasteiger charge is 2.64. The standard InChI is InChI=1S/C39H43FN4O7S/c1-42(2)27-17-24(28-10-9-21(52-28)18-44-13-11-19(12-14-44)22-7-5-6-8-26(22)40)33(45)30-23(27)15-20-16-25-32(43(3)4)35(47)31(38(41)50)37(49)39(25,51)36(48)29(20)34(30)46/h5-10,17,19-20,25,32,45-46,49,51H,11-16,18H2,1-4H3,(H2,41,50). The number of Topliss-reactive ketones (excluding diaryl/α,β-unsaturated/α-hetero) is 2. The topological polar surface area (TPSA) is 168 Å². The number of aliphatic hydroxyl groups excluding tert-OH is 2. The third kappa shape index (κ3) is 5.53. The molecule has 0 radical (unpaired) electrons. The highest BCUT2D eigenvalue weighted by atomic mass is 32.1. The third-order valence-electron chi connectivity index (χ3n) is 11.4. The molecule has 3 aliphatic carbocycles. The number of amides is 1. The van der Waals surface area contributed by atoms with Crippen LogP contribution in [-0.2, 0) is 27.3 Å². The number of hydrogen-bond acceptors (Lipinski definition) is 11. The van der Waals surface area contributed by atoms with E-state index >= 15 is 0 Å². The van der Waals surface area contributed by atoms with Crippen molar-refractivity contribution in [3.8, 4) is 16.2 Å². The number of rotatable bonds is 7. The summed E-state index contributed by atoms with van der Waals surface area (Å²) >= 11 is 1.51. The van der Waals surface area contributed by atoms with Crippen molar-refractivity contribution in [2.24, 2.45) is 17.6 Å². The van der Waals surface area contributed by atoms with Crippen LogP contribution in [0.3, 0.4) is 0 Å². The van der Waals surface area contributed by atoms with Gasteiger partial charge in [-0.05, 0) is 100 Å². The minimum atomic E-state index is -2.70. The van der Waals surface area contributed by atoms with Crippen molar-refractivity contribution >= 4 is 40.3 Å². The van der Waals surface area contributed by atoms with Gasteiger partial charge >= 0.3 is 0 Å². The first-order valence-electron chi connectivity index (χ1n) is 17.4. The van der Waals surface area contributed by atoms with Gasteiger partial charge in [-0.25, -0.2) is 4.39 Å². The maximum atomic E-state index is 14.4. The molecule has 7 rings (SSSR count). The number of phenols is 1. The Hall–Kier alpha value is -4.56. The molecule has 3 aromatic rings. The van der Waals surface area contributed by atoms with Crippen molar-refractivity contribution in [3.05, 3.63) is 86.8 Å². The lowest BCUT2D eigenvalue weighted by Gasteiger charge is -2.50. The van der Waals surface area contributed by atoms with E-state index in [1.54, 1.807) is 20.2 Å². The van der Waals surface area contributed by atoms with Gasteiger partial charge < -0.3 is 31.1 Å². The maximum Gasteiger partial charge on any atom is 0.255 e. The second-order valence-electron chi connectivity index (χ2n) is 14.8. The number of likely N-dealkylation sites (N-methyl/N-ethyl adjacent to an activating group) is 1. The second kappa shape index (κ2) is 13.1. The summed E-state index contributed by atoms with van der Waals surface area (Å²) < 4.78 is 14.4. The summed E-state index contributed by atoms with van der Waals surface area (Å²) in [6.07, 6.45) is 1.93. The molecule has 2 aromatic carbocycles. The van der Waals surface area contributed by atoms with Gasteiger partial charge in [0.15, 0.2) is 11.4 Å². The van der Waals surface area contributed by atoms with Gasteiger partial charge in [-0.3, -0.25) is 24.2 Å². The number of aromatic hydroxyl groups is 1. The molecule has 4 aliphatic rings. The highest BCUT2D eigenvalue weighted by Crippen LogP contribution is 2.55.